The lowest BCUT2D eigenvalue weighted by Gasteiger charge is -2.18. The van der Waals surface area contributed by atoms with E-state index in [2.05, 4.69) is 36.8 Å². The largest absolute Gasteiger partial charge is 0.457 e. The maximum absolute atomic E-state index is 13.1. The third-order valence-electron chi connectivity index (χ3n) is 7.27. The van der Waals surface area contributed by atoms with E-state index in [0.717, 1.165) is 40.1 Å². The van der Waals surface area contributed by atoms with Crippen LogP contribution >= 0.6 is 0 Å². The number of carbonyl (C=O) groups excluding carboxylic acids is 1. The standard InChI is InChI=1S/C31H32N8O3/c1-20-13-23(5-8-28(20)42-25-9-10-39-29(15-25)33-19-35-39)36-30-26-14-24(6-7-27(26)32-18-34-30)38-16-22(21(2)31(38)40)17-41-12-11-37(3)4/h5-10,13-15,18-19,22H,2,11-12,16-17H2,1,3-4H3,(H,32,34,36)/t22-/m1/s1. The average molecular weight is 565 g/mol. The maximum Gasteiger partial charge on any atom is 0.254 e. The van der Waals surface area contributed by atoms with E-state index in [-0.39, 0.29) is 11.8 Å². The van der Waals surface area contributed by atoms with Crippen molar-refractivity contribution in [3.8, 4) is 11.5 Å². The first-order valence-electron chi connectivity index (χ1n) is 13.7. The summed E-state index contributed by atoms with van der Waals surface area (Å²) in [6, 6.07) is 15.3. The summed E-state index contributed by atoms with van der Waals surface area (Å²) in [7, 11) is 4.01. The Bertz CT molecular complexity index is 1780. The Morgan fingerprint density at radius 1 is 1.07 bits per heavy atom. The number of rotatable bonds is 10. The molecule has 0 saturated carbocycles. The van der Waals surface area contributed by atoms with Crippen molar-refractivity contribution in [1.82, 2.24) is 29.5 Å². The molecule has 0 unspecified atom stereocenters. The number of carbonyl (C=O) groups is 1. The number of amides is 1. The summed E-state index contributed by atoms with van der Waals surface area (Å²) < 4.78 is 13.6. The van der Waals surface area contributed by atoms with Gasteiger partial charge in [-0.25, -0.2) is 19.5 Å². The van der Waals surface area contributed by atoms with Crippen molar-refractivity contribution < 1.29 is 14.3 Å². The molecule has 1 fully saturated rings. The van der Waals surface area contributed by atoms with Crippen LogP contribution in [0.3, 0.4) is 0 Å². The van der Waals surface area contributed by atoms with Crippen molar-refractivity contribution in [2.45, 2.75) is 6.92 Å². The van der Waals surface area contributed by atoms with Crippen LogP contribution in [-0.4, -0.2) is 75.8 Å². The summed E-state index contributed by atoms with van der Waals surface area (Å²) in [5.74, 6) is 1.90. The molecule has 0 bridgehead atoms. The minimum atomic E-state index is -0.0868. The lowest BCUT2D eigenvalue weighted by atomic mass is 10.1. The van der Waals surface area contributed by atoms with Crippen LogP contribution in [0.15, 0.2) is 79.5 Å². The molecule has 42 heavy (non-hydrogen) atoms. The summed E-state index contributed by atoms with van der Waals surface area (Å²) in [4.78, 5) is 30.1. The molecule has 11 nitrogen and oxygen atoms in total. The summed E-state index contributed by atoms with van der Waals surface area (Å²) in [6.45, 7) is 8.46. The summed E-state index contributed by atoms with van der Waals surface area (Å²) >= 11 is 0. The highest BCUT2D eigenvalue weighted by atomic mass is 16.5. The molecule has 11 heteroatoms. The number of anilines is 3. The predicted molar refractivity (Wildman–Crippen MR) is 161 cm³/mol. The van der Waals surface area contributed by atoms with Gasteiger partial charge in [0.1, 0.15) is 30.0 Å². The maximum atomic E-state index is 13.1. The summed E-state index contributed by atoms with van der Waals surface area (Å²) in [5, 5.41) is 8.34. The molecule has 1 atom stereocenters. The second-order valence-electron chi connectivity index (χ2n) is 10.6. The highest BCUT2D eigenvalue weighted by Gasteiger charge is 2.34. The molecule has 4 heterocycles. The lowest BCUT2D eigenvalue weighted by molar-refractivity contribution is -0.114. The molecule has 0 spiro atoms. The molecule has 214 valence electrons. The van der Waals surface area contributed by atoms with Gasteiger partial charge in [0.25, 0.3) is 5.91 Å². The van der Waals surface area contributed by atoms with Crippen molar-refractivity contribution in [1.29, 1.82) is 0 Å². The van der Waals surface area contributed by atoms with E-state index >= 15 is 0 Å². The van der Waals surface area contributed by atoms with E-state index in [1.54, 1.807) is 9.42 Å². The second kappa shape index (κ2) is 11.6. The fraction of sp³-hybridized carbons (Fsp3) is 0.258. The first kappa shape index (κ1) is 27.3. The van der Waals surface area contributed by atoms with Gasteiger partial charge in [-0.1, -0.05) is 6.58 Å². The quantitative estimate of drug-likeness (QED) is 0.192. The Balaban J connectivity index is 1.19. The number of nitrogens with zero attached hydrogens (tertiary/aromatic N) is 7. The molecule has 1 aliphatic rings. The molecule has 1 N–H and O–H groups in total. The fourth-order valence-corrected chi connectivity index (χ4v) is 4.89. The Morgan fingerprint density at radius 3 is 2.79 bits per heavy atom. The molecule has 2 aromatic carbocycles. The van der Waals surface area contributed by atoms with Crippen LogP contribution in [0.25, 0.3) is 16.6 Å². The number of hydrogen-bond donors (Lipinski definition) is 1. The zero-order chi connectivity index (χ0) is 29.2. The minimum Gasteiger partial charge on any atom is -0.457 e. The van der Waals surface area contributed by atoms with Gasteiger partial charge in [0.15, 0.2) is 5.65 Å². The van der Waals surface area contributed by atoms with Gasteiger partial charge in [0, 0.05) is 53.6 Å². The van der Waals surface area contributed by atoms with Crippen LogP contribution in [0.4, 0.5) is 17.2 Å². The second-order valence-corrected chi connectivity index (χ2v) is 10.6. The van der Waals surface area contributed by atoms with E-state index in [4.69, 9.17) is 9.47 Å². The van der Waals surface area contributed by atoms with Gasteiger partial charge >= 0.3 is 0 Å². The molecular weight excluding hydrogens is 532 g/mol. The topological polar surface area (TPSA) is 110 Å². The summed E-state index contributed by atoms with van der Waals surface area (Å²) in [5.41, 5.74) is 4.61. The van der Waals surface area contributed by atoms with E-state index < -0.39 is 0 Å². The molecule has 1 saturated heterocycles. The van der Waals surface area contributed by atoms with Crippen molar-refractivity contribution in [2.75, 3.05) is 50.6 Å². The van der Waals surface area contributed by atoms with Gasteiger partial charge in [-0.2, -0.15) is 5.10 Å². The molecule has 6 rings (SSSR count). The third-order valence-corrected chi connectivity index (χ3v) is 7.27. The van der Waals surface area contributed by atoms with Crippen molar-refractivity contribution in [3.63, 3.8) is 0 Å². The van der Waals surface area contributed by atoms with Gasteiger partial charge in [0.05, 0.1) is 18.7 Å². The van der Waals surface area contributed by atoms with Crippen LogP contribution in [0.1, 0.15) is 5.56 Å². The smallest absolute Gasteiger partial charge is 0.254 e. The number of fused-ring (bicyclic) bond motifs is 2. The molecule has 1 amide bonds. The highest BCUT2D eigenvalue weighted by molar-refractivity contribution is 6.09. The van der Waals surface area contributed by atoms with Crippen LogP contribution < -0.4 is 15.0 Å². The normalized spacial score (nSPS) is 15.3. The van der Waals surface area contributed by atoms with Crippen LogP contribution in [0.5, 0.6) is 11.5 Å². The van der Waals surface area contributed by atoms with Crippen molar-refractivity contribution in [3.05, 3.63) is 85.1 Å². The van der Waals surface area contributed by atoms with Crippen LogP contribution in [-0.2, 0) is 9.53 Å². The van der Waals surface area contributed by atoms with E-state index in [1.807, 2.05) is 75.7 Å². The van der Waals surface area contributed by atoms with Gasteiger partial charge in [0.2, 0.25) is 0 Å². The van der Waals surface area contributed by atoms with Crippen LogP contribution in [0, 0.1) is 12.8 Å². The van der Waals surface area contributed by atoms with Gasteiger partial charge in [-0.15, -0.1) is 0 Å². The fourth-order valence-electron chi connectivity index (χ4n) is 4.89. The molecule has 0 aliphatic carbocycles. The van der Waals surface area contributed by atoms with Crippen molar-refractivity contribution in [2.24, 2.45) is 5.92 Å². The SMILES string of the molecule is C=C1C(=O)N(c2ccc3ncnc(Nc4ccc(Oc5ccn6ncnc6c5)c(C)c4)c3c2)C[C@@H]1COCCN(C)C. The lowest BCUT2D eigenvalue weighted by Crippen LogP contribution is -2.25. The number of aromatic nitrogens is 5. The molecular formula is C31H32N8O3. The number of hydrogen-bond acceptors (Lipinski definition) is 9. The zero-order valence-electron chi connectivity index (χ0n) is 23.8. The first-order valence-corrected chi connectivity index (χ1v) is 13.7. The van der Waals surface area contributed by atoms with E-state index in [0.29, 0.717) is 42.5 Å². The number of ether oxygens (including phenoxy) is 2. The Kier molecular flexibility index (Phi) is 7.51. The zero-order valence-corrected chi connectivity index (χ0v) is 23.8. The molecule has 5 aromatic rings. The van der Waals surface area contributed by atoms with E-state index in [9.17, 15) is 4.79 Å². The third kappa shape index (κ3) is 5.65. The van der Waals surface area contributed by atoms with Gasteiger partial charge < -0.3 is 24.6 Å². The minimum absolute atomic E-state index is 0.0537. The number of aryl methyl sites for hydroxylation is 1. The Morgan fingerprint density at radius 2 is 1.95 bits per heavy atom. The molecule has 0 radical (unpaired) electrons. The number of benzene rings is 2. The van der Waals surface area contributed by atoms with Gasteiger partial charge in [-0.3, -0.25) is 4.79 Å². The number of likely N-dealkylation sites (N-methyl/N-ethyl adjacent to an activating group) is 1. The van der Waals surface area contributed by atoms with Crippen molar-refractivity contribution >= 4 is 39.6 Å². The predicted octanol–water partition coefficient (Wildman–Crippen LogP) is 4.61. The molecule has 3 aromatic heterocycles. The highest BCUT2D eigenvalue weighted by Crippen LogP contribution is 2.34. The molecule has 1 aliphatic heterocycles. The number of nitrogens with one attached hydrogen (secondary N) is 1. The first-order chi connectivity index (χ1) is 20.4. The summed E-state index contributed by atoms with van der Waals surface area (Å²) in [6.07, 6.45) is 4.84. The Labute approximate surface area is 243 Å². The van der Waals surface area contributed by atoms with E-state index in [1.165, 1.54) is 12.7 Å². The monoisotopic (exact) mass is 564 g/mol. The van der Waals surface area contributed by atoms with Gasteiger partial charge in [-0.05, 0) is 69.0 Å². The van der Waals surface area contributed by atoms with Crippen LogP contribution in [0.2, 0.25) is 0 Å². The average Bonchev–Trinajstić information content (AvgIpc) is 3.56. The Hall–Kier alpha value is -4.87. The number of pyridine rings is 1.